The zero-order valence-corrected chi connectivity index (χ0v) is 10.5. The third kappa shape index (κ3) is 2.72. The number of hydrogen-bond donors (Lipinski definition) is 0. The summed E-state index contributed by atoms with van der Waals surface area (Å²) < 4.78 is 10.8. The molecule has 1 saturated carbocycles. The maximum Gasteiger partial charge on any atom is 0.360 e. The number of nitrogens with zero attached hydrogens (tertiary/aromatic N) is 1. The smallest absolute Gasteiger partial charge is 0.360 e. The average molecular weight is 286 g/mol. The van der Waals surface area contributed by atoms with Crippen molar-refractivity contribution < 1.29 is 14.3 Å². The summed E-state index contributed by atoms with van der Waals surface area (Å²) in [6.07, 6.45) is 2.41. The van der Waals surface area contributed by atoms with Crippen LogP contribution < -0.4 is 4.74 Å². The summed E-state index contributed by atoms with van der Waals surface area (Å²) in [4.78, 5) is 15.5. The van der Waals surface area contributed by atoms with Crippen molar-refractivity contribution in [2.75, 3.05) is 13.7 Å². The van der Waals surface area contributed by atoms with Gasteiger partial charge in [-0.25, -0.2) is 9.78 Å². The number of hydrogen-bond acceptors (Lipinski definition) is 4. The molecule has 0 spiro atoms. The van der Waals surface area contributed by atoms with Crippen LogP contribution in [-0.2, 0) is 4.74 Å². The van der Waals surface area contributed by atoms with Gasteiger partial charge in [0.15, 0.2) is 11.4 Å². The molecule has 0 aromatic carbocycles. The number of aromatic nitrogens is 1. The van der Waals surface area contributed by atoms with Gasteiger partial charge >= 0.3 is 5.97 Å². The Balaban J connectivity index is 2.16. The van der Waals surface area contributed by atoms with E-state index in [1.54, 1.807) is 12.1 Å². The molecular weight excluding hydrogens is 274 g/mol. The minimum absolute atomic E-state index is 0.220. The minimum Gasteiger partial charge on any atom is -0.491 e. The molecule has 2 rings (SSSR count). The number of pyridine rings is 1. The van der Waals surface area contributed by atoms with Crippen molar-refractivity contribution in [1.29, 1.82) is 0 Å². The van der Waals surface area contributed by atoms with Gasteiger partial charge in [0.05, 0.1) is 13.7 Å². The maximum atomic E-state index is 11.5. The third-order valence-corrected chi connectivity index (χ3v) is 2.82. The van der Waals surface area contributed by atoms with Crippen molar-refractivity contribution in [3.05, 3.63) is 22.4 Å². The molecule has 1 aromatic rings. The summed E-state index contributed by atoms with van der Waals surface area (Å²) in [6.45, 7) is 0.646. The second kappa shape index (κ2) is 4.82. The molecule has 1 heterocycles. The first kappa shape index (κ1) is 11.4. The molecular formula is C11H12BrNO3. The van der Waals surface area contributed by atoms with Crippen LogP contribution in [0.15, 0.2) is 16.7 Å². The summed E-state index contributed by atoms with van der Waals surface area (Å²) in [5, 5.41) is 0. The zero-order chi connectivity index (χ0) is 11.5. The third-order valence-electron chi connectivity index (χ3n) is 2.37. The van der Waals surface area contributed by atoms with E-state index in [1.807, 2.05) is 0 Å². The van der Waals surface area contributed by atoms with Gasteiger partial charge in [-0.3, -0.25) is 0 Å². The van der Waals surface area contributed by atoms with Crippen LogP contribution in [0.1, 0.15) is 23.3 Å². The quantitative estimate of drug-likeness (QED) is 0.630. The topological polar surface area (TPSA) is 48.4 Å². The van der Waals surface area contributed by atoms with Crippen molar-refractivity contribution in [3.63, 3.8) is 0 Å². The van der Waals surface area contributed by atoms with E-state index in [0.717, 1.165) is 0 Å². The molecule has 1 fully saturated rings. The highest BCUT2D eigenvalue weighted by atomic mass is 79.9. The van der Waals surface area contributed by atoms with E-state index in [4.69, 9.17) is 4.74 Å². The lowest BCUT2D eigenvalue weighted by Crippen LogP contribution is -2.09. The van der Waals surface area contributed by atoms with Crippen LogP contribution >= 0.6 is 15.9 Å². The van der Waals surface area contributed by atoms with Gasteiger partial charge in [0, 0.05) is 0 Å². The Labute approximate surface area is 102 Å². The van der Waals surface area contributed by atoms with Crippen LogP contribution in [0.3, 0.4) is 0 Å². The molecule has 0 saturated heterocycles. The number of halogens is 1. The molecule has 1 aliphatic carbocycles. The molecule has 0 aliphatic heterocycles. The van der Waals surface area contributed by atoms with Gasteiger partial charge < -0.3 is 9.47 Å². The summed E-state index contributed by atoms with van der Waals surface area (Å²) in [7, 11) is 1.33. The number of rotatable bonds is 4. The Morgan fingerprint density at radius 2 is 2.31 bits per heavy atom. The van der Waals surface area contributed by atoms with Crippen molar-refractivity contribution >= 4 is 21.9 Å². The number of ether oxygens (including phenoxy) is 2. The van der Waals surface area contributed by atoms with E-state index in [2.05, 4.69) is 25.7 Å². The molecule has 86 valence electrons. The zero-order valence-electron chi connectivity index (χ0n) is 8.90. The molecule has 16 heavy (non-hydrogen) atoms. The van der Waals surface area contributed by atoms with Crippen LogP contribution in [0.25, 0.3) is 0 Å². The highest BCUT2D eigenvalue weighted by Crippen LogP contribution is 2.30. The largest absolute Gasteiger partial charge is 0.491 e. The SMILES string of the molecule is COC(=O)c1nc(Br)ccc1OCC1CC1. The van der Waals surface area contributed by atoms with E-state index < -0.39 is 5.97 Å². The number of carbonyl (C=O) groups is 1. The first-order valence-electron chi connectivity index (χ1n) is 5.08. The van der Waals surface area contributed by atoms with Crippen molar-refractivity contribution in [2.45, 2.75) is 12.8 Å². The lowest BCUT2D eigenvalue weighted by Gasteiger charge is -2.09. The van der Waals surface area contributed by atoms with Gasteiger partial charge in [-0.2, -0.15) is 0 Å². The van der Waals surface area contributed by atoms with Crippen molar-refractivity contribution in [3.8, 4) is 5.75 Å². The Bertz CT molecular complexity index is 404. The van der Waals surface area contributed by atoms with Crippen molar-refractivity contribution in [1.82, 2.24) is 4.98 Å². The highest BCUT2D eigenvalue weighted by molar-refractivity contribution is 9.10. The number of methoxy groups -OCH3 is 1. The summed E-state index contributed by atoms with van der Waals surface area (Å²) in [5.74, 6) is 0.642. The normalized spacial score (nSPS) is 14.6. The molecule has 0 atom stereocenters. The molecule has 0 N–H and O–H groups in total. The van der Waals surface area contributed by atoms with Gasteiger partial charge in [0.1, 0.15) is 4.60 Å². The molecule has 4 nitrogen and oxygen atoms in total. The molecule has 1 aliphatic rings. The monoisotopic (exact) mass is 285 g/mol. The first-order valence-corrected chi connectivity index (χ1v) is 5.87. The Hall–Kier alpha value is -1.10. The lowest BCUT2D eigenvalue weighted by atomic mass is 10.3. The molecule has 0 bridgehead atoms. The molecule has 0 radical (unpaired) electrons. The van der Waals surface area contributed by atoms with Gasteiger partial charge in [-0.1, -0.05) is 0 Å². The Morgan fingerprint density at radius 1 is 1.56 bits per heavy atom. The second-order valence-corrected chi connectivity index (χ2v) is 4.54. The van der Waals surface area contributed by atoms with Crippen molar-refractivity contribution in [2.24, 2.45) is 5.92 Å². The highest BCUT2D eigenvalue weighted by Gasteiger charge is 2.23. The van der Waals surface area contributed by atoms with Gasteiger partial charge in [0.2, 0.25) is 0 Å². The van der Waals surface area contributed by atoms with Crippen LogP contribution in [0.5, 0.6) is 5.75 Å². The van der Waals surface area contributed by atoms with E-state index in [0.29, 0.717) is 22.9 Å². The lowest BCUT2D eigenvalue weighted by molar-refractivity contribution is 0.0588. The standard InChI is InChI=1S/C11H12BrNO3/c1-15-11(14)10-8(4-5-9(12)13-10)16-6-7-2-3-7/h4-5,7H,2-3,6H2,1H3. The fourth-order valence-electron chi connectivity index (χ4n) is 1.27. The molecule has 5 heteroatoms. The van der Waals surface area contributed by atoms with E-state index in [1.165, 1.54) is 20.0 Å². The number of esters is 1. The van der Waals surface area contributed by atoms with Gasteiger partial charge in [-0.15, -0.1) is 0 Å². The van der Waals surface area contributed by atoms with Gasteiger partial charge in [-0.05, 0) is 46.8 Å². The minimum atomic E-state index is -0.480. The first-order chi connectivity index (χ1) is 7.70. The average Bonchev–Trinajstić information content (AvgIpc) is 3.10. The summed E-state index contributed by atoms with van der Waals surface area (Å²) >= 11 is 3.21. The Kier molecular flexibility index (Phi) is 3.43. The van der Waals surface area contributed by atoms with Gasteiger partial charge in [0.25, 0.3) is 0 Å². The van der Waals surface area contributed by atoms with Crippen LogP contribution in [0, 0.1) is 5.92 Å². The van der Waals surface area contributed by atoms with E-state index >= 15 is 0 Å². The predicted octanol–water partition coefficient (Wildman–Crippen LogP) is 2.42. The Morgan fingerprint density at radius 3 is 2.94 bits per heavy atom. The summed E-state index contributed by atoms with van der Waals surface area (Å²) in [5.41, 5.74) is 0.220. The van der Waals surface area contributed by atoms with E-state index in [-0.39, 0.29) is 5.69 Å². The maximum absolute atomic E-state index is 11.5. The molecule has 0 unspecified atom stereocenters. The van der Waals surface area contributed by atoms with Crippen LogP contribution in [0.2, 0.25) is 0 Å². The number of carbonyl (C=O) groups excluding carboxylic acids is 1. The van der Waals surface area contributed by atoms with Crippen LogP contribution in [-0.4, -0.2) is 24.7 Å². The van der Waals surface area contributed by atoms with E-state index in [9.17, 15) is 4.79 Å². The second-order valence-electron chi connectivity index (χ2n) is 3.73. The molecule has 1 aromatic heterocycles. The predicted molar refractivity (Wildman–Crippen MR) is 61.5 cm³/mol. The molecule has 0 amide bonds. The van der Waals surface area contributed by atoms with Crippen LogP contribution in [0.4, 0.5) is 0 Å². The summed E-state index contributed by atoms with van der Waals surface area (Å²) in [6, 6.07) is 3.47. The fraction of sp³-hybridized carbons (Fsp3) is 0.455. The fourth-order valence-corrected chi connectivity index (χ4v) is 1.58.